The summed E-state index contributed by atoms with van der Waals surface area (Å²) in [4.78, 5) is 72.3. The lowest BCUT2D eigenvalue weighted by molar-refractivity contribution is -0.161. The summed E-state index contributed by atoms with van der Waals surface area (Å²) in [6.45, 7) is 4.88. The summed E-state index contributed by atoms with van der Waals surface area (Å²) in [5.41, 5.74) is 0. The van der Waals surface area contributed by atoms with E-state index < -0.39 is 97.5 Å². The summed E-state index contributed by atoms with van der Waals surface area (Å²) < 4.78 is 68.1. The molecule has 0 aliphatic heterocycles. The average molecular weight is 1350 g/mol. The minimum absolute atomic E-state index is 0.104. The molecule has 546 valence electrons. The molecule has 0 bridgehead atoms. The SMILES string of the molecule is CCCCCCCCCCCCCCCCCCCCCC(=O)OC[C@H](COP(=O)(O)OC[C@@H](O)COP(=O)(O)OC[C@@H](COC(=O)CCCCCCCCC)OC(=O)CCCCCCCCC)OC(=O)CCCCCCCCCCCCCCCCCCCCC. The molecule has 0 aliphatic carbocycles. The fraction of sp³-hybridized carbons (Fsp3) is 0.945. The minimum atomic E-state index is -4.95. The maximum Gasteiger partial charge on any atom is 0.472 e. The summed E-state index contributed by atoms with van der Waals surface area (Å²) in [5, 5.41) is 10.6. The Balaban J connectivity index is 5.11. The summed E-state index contributed by atoms with van der Waals surface area (Å²) in [5.74, 6) is -2.13. The topological polar surface area (TPSA) is 237 Å². The number of phosphoric acid groups is 2. The van der Waals surface area contributed by atoms with Gasteiger partial charge in [0.2, 0.25) is 0 Å². The highest BCUT2D eigenvalue weighted by Crippen LogP contribution is 2.45. The Morgan fingerprint density at radius 1 is 0.261 bits per heavy atom. The second kappa shape index (κ2) is 67.6. The zero-order valence-corrected chi connectivity index (χ0v) is 61.3. The molecule has 3 N–H and O–H groups in total. The van der Waals surface area contributed by atoms with Gasteiger partial charge in [-0.3, -0.25) is 37.3 Å². The summed E-state index contributed by atoms with van der Waals surface area (Å²) in [6.07, 6.45) is 57.4. The van der Waals surface area contributed by atoms with E-state index in [9.17, 15) is 43.2 Å². The van der Waals surface area contributed by atoms with Crippen molar-refractivity contribution in [2.24, 2.45) is 0 Å². The number of carbonyl (C=O) groups is 4. The first-order chi connectivity index (χ1) is 44.7. The second-order valence-corrected chi connectivity index (χ2v) is 29.2. The number of hydrogen-bond donors (Lipinski definition) is 3. The van der Waals surface area contributed by atoms with Crippen molar-refractivity contribution in [2.45, 2.75) is 406 Å². The quantitative estimate of drug-likeness (QED) is 0.0222. The molecule has 0 aromatic rings. The van der Waals surface area contributed by atoms with Crippen LogP contribution in [0.1, 0.15) is 387 Å². The Bertz CT molecular complexity index is 1760. The van der Waals surface area contributed by atoms with Crippen molar-refractivity contribution in [3.63, 3.8) is 0 Å². The van der Waals surface area contributed by atoms with E-state index >= 15 is 0 Å². The molecule has 0 aromatic heterocycles. The Morgan fingerprint density at radius 3 is 0.641 bits per heavy atom. The molecule has 5 atom stereocenters. The predicted octanol–water partition coefficient (Wildman–Crippen LogP) is 21.4. The third kappa shape index (κ3) is 66.7. The third-order valence-corrected chi connectivity index (χ3v) is 19.0. The van der Waals surface area contributed by atoms with Gasteiger partial charge in [0, 0.05) is 25.7 Å². The van der Waals surface area contributed by atoms with Gasteiger partial charge in [0.05, 0.1) is 26.4 Å². The van der Waals surface area contributed by atoms with E-state index in [-0.39, 0.29) is 25.7 Å². The van der Waals surface area contributed by atoms with Crippen LogP contribution in [0.4, 0.5) is 0 Å². The van der Waals surface area contributed by atoms with Crippen LogP contribution in [0.2, 0.25) is 0 Å². The van der Waals surface area contributed by atoms with E-state index in [2.05, 4.69) is 27.7 Å². The molecule has 0 saturated carbocycles. The lowest BCUT2D eigenvalue weighted by Crippen LogP contribution is -2.30. The van der Waals surface area contributed by atoms with Crippen molar-refractivity contribution in [3.05, 3.63) is 0 Å². The zero-order valence-electron chi connectivity index (χ0n) is 59.5. The maximum atomic E-state index is 13.1. The first kappa shape index (κ1) is 90.1. The van der Waals surface area contributed by atoms with E-state index in [0.717, 1.165) is 116 Å². The number of phosphoric ester groups is 2. The maximum absolute atomic E-state index is 13.1. The largest absolute Gasteiger partial charge is 0.472 e. The lowest BCUT2D eigenvalue weighted by Gasteiger charge is -2.21. The number of hydrogen-bond acceptors (Lipinski definition) is 15. The number of esters is 4. The molecule has 0 amide bonds. The molecule has 0 aromatic carbocycles. The van der Waals surface area contributed by atoms with Gasteiger partial charge in [0.25, 0.3) is 0 Å². The third-order valence-electron chi connectivity index (χ3n) is 17.1. The van der Waals surface area contributed by atoms with Crippen LogP contribution in [0, 0.1) is 0 Å². The van der Waals surface area contributed by atoms with E-state index in [1.165, 1.54) is 193 Å². The number of ether oxygens (including phenoxy) is 4. The molecule has 92 heavy (non-hydrogen) atoms. The molecule has 0 spiro atoms. The van der Waals surface area contributed by atoms with Crippen LogP contribution in [-0.2, 0) is 65.4 Å². The number of aliphatic hydroxyl groups is 1. The fourth-order valence-corrected chi connectivity index (χ4v) is 12.8. The Kier molecular flexibility index (Phi) is 66.2. The van der Waals surface area contributed by atoms with Crippen LogP contribution >= 0.6 is 15.6 Å². The van der Waals surface area contributed by atoms with E-state index in [4.69, 9.17) is 37.0 Å². The lowest BCUT2D eigenvalue weighted by atomic mass is 10.0. The van der Waals surface area contributed by atoms with Gasteiger partial charge in [-0.2, -0.15) is 0 Å². The van der Waals surface area contributed by atoms with Crippen LogP contribution < -0.4 is 0 Å². The standard InChI is InChI=1S/C73H142O17P2/c1-5-9-13-17-21-23-25-27-29-31-33-35-37-39-41-43-47-50-54-58-71(76)84-64-69(90-73(78)60-56-52-48-44-42-40-38-36-34-32-30-28-26-24-22-18-14-10-6-2)66-88-92(81,82)86-62-67(74)61-85-91(79,80)87-65-68(89-72(77)59-55-51-46-20-16-12-8-4)63-83-70(75)57-53-49-45-19-15-11-7-3/h67-69,74H,5-66H2,1-4H3,(H,79,80)(H,81,82)/t67-,68+,69+/m0/s1. The average Bonchev–Trinajstić information content (AvgIpc) is 1.95. The van der Waals surface area contributed by atoms with Gasteiger partial charge in [0.1, 0.15) is 19.3 Å². The highest BCUT2D eigenvalue weighted by atomic mass is 31.2. The van der Waals surface area contributed by atoms with Crippen molar-refractivity contribution in [1.82, 2.24) is 0 Å². The Labute approximate surface area is 562 Å². The van der Waals surface area contributed by atoms with Gasteiger partial charge in [-0.05, 0) is 25.7 Å². The summed E-state index contributed by atoms with van der Waals surface area (Å²) in [6, 6.07) is 0. The van der Waals surface area contributed by atoms with Crippen LogP contribution in [0.25, 0.3) is 0 Å². The molecular weight excluding hydrogens is 1210 g/mol. The number of carbonyl (C=O) groups excluding carboxylic acids is 4. The van der Waals surface area contributed by atoms with Gasteiger partial charge < -0.3 is 33.8 Å². The molecule has 2 unspecified atom stereocenters. The monoisotopic (exact) mass is 1350 g/mol. The Morgan fingerprint density at radius 2 is 0.435 bits per heavy atom. The highest BCUT2D eigenvalue weighted by molar-refractivity contribution is 7.47. The molecule has 19 heteroatoms. The Hall–Kier alpha value is -1.94. The molecule has 0 heterocycles. The normalized spacial score (nSPS) is 13.9. The minimum Gasteiger partial charge on any atom is -0.462 e. The van der Waals surface area contributed by atoms with Crippen LogP contribution in [0.5, 0.6) is 0 Å². The molecule has 17 nitrogen and oxygen atoms in total. The highest BCUT2D eigenvalue weighted by Gasteiger charge is 2.30. The van der Waals surface area contributed by atoms with Gasteiger partial charge in [0.15, 0.2) is 12.2 Å². The molecule has 0 saturated heterocycles. The first-order valence-electron chi connectivity index (χ1n) is 38.3. The number of rotatable bonds is 74. The number of unbranched alkanes of at least 4 members (excludes halogenated alkanes) is 48. The smallest absolute Gasteiger partial charge is 0.462 e. The molecule has 0 fully saturated rings. The van der Waals surface area contributed by atoms with Crippen LogP contribution in [0.3, 0.4) is 0 Å². The van der Waals surface area contributed by atoms with Gasteiger partial charge in [-0.1, -0.05) is 336 Å². The zero-order chi connectivity index (χ0) is 67.5. The molecule has 0 aliphatic rings. The van der Waals surface area contributed by atoms with E-state index in [1.807, 2.05) is 0 Å². The van der Waals surface area contributed by atoms with Crippen LogP contribution in [0.15, 0.2) is 0 Å². The van der Waals surface area contributed by atoms with Crippen LogP contribution in [-0.4, -0.2) is 96.7 Å². The van der Waals surface area contributed by atoms with Gasteiger partial charge >= 0.3 is 39.5 Å². The van der Waals surface area contributed by atoms with E-state index in [0.29, 0.717) is 25.7 Å². The number of aliphatic hydroxyl groups excluding tert-OH is 1. The van der Waals surface area contributed by atoms with Crippen molar-refractivity contribution < 1.29 is 80.2 Å². The summed E-state index contributed by atoms with van der Waals surface area (Å²) >= 11 is 0. The predicted molar refractivity (Wildman–Crippen MR) is 372 cm³/mol. The summed E-state index contributed by atoms with van der Waals surface area (Å²) in [7, 11) is -9.89. The van der Waals surface area contributed by atoms with E-state index in [1.54, 1.807) is 0 Å². The van der Waals surface area contributed by atoms with Crippen molar-refractivity contribution >= 4 is 39.5 Å². The molecule has 0 radical (unpaired) electrons. The van der Waals surface area contributed by atoms with Crippen molar-refractivity contribution in [3.8, 4) is 0 Å². The van der Waals surface area contributed by atoms with Crippen molar-refractivity contribution in [1.29, 1.82) is 0 Å². The van der Waals surface area contributed by atoms with Gasteiger partial charge in [-0.25, -0.2) is 9.13 Å². The first-order valence-corrected chi connectivity index (χ1v) is 41.3. The fourth-order valence-electron chi connectivity index (χ4n) is 11.2. The second-order valence-electron chi connectivity index (χ2n) is 26.3. The molecule has 0 rings (SSSR count). The van der Waals surface area contributed by atoms with Crippen molar-refractivity contribution in [2.75, 3.05) is 39.6 Å². The molecular formula is C73H142O17P2. The van der Waals surface area contributed by atoms with Gasteiger partial charge in [-0.15, -0.1) is 0 Å².